The molecule has 0 atom stereocenters. The highest BCUT2D eigenvalue weighted by atomic mass is 79.9. The molecule has 24 heavy (non-hydrogen) atoms. The Morgan fingerprint density at radius 3 is 2.46 bits per heavy atom. The van der Waals surface area contributed by atoms with Gasteiger partial charge in [-0.1, -0.05) is 35.3 Å². The summed E-state index contributed by atoms with van der Waals surface area (Å²) in [5.41, 5.74) is 1.05. The molecule has 2 N–H and O–H groups in total. The fourth-order valence-corrected chi connectivity index (χ4v) is 3.49. The predicted molar refractivity (Wildman–Crippen MR) is 98.6 cm³/mol. The first-order valence-electron chi connectivity index (χ1n) is 7.59. The van der Waals surface area contributed by atoms with E-state index < -0.39 is 10.0 Å². The number of rotatable bonds is 7. The summed E-state index contributed by atoms with van der Waals surface area (Å²) in [7, 11) is -3.50. The minimum Gasteiger partial charge on any atom is -0.322 e. The Kier molecular flexibility index (Phi) is 6.53. The van der Waals surface area contributed by atoms with Crippen molar-refractivity contribution in [2.24, 2.45) is 0 Å². The van der Waals surface area contributed by atoms with Crippen LogP contribution in [-0.2, 0) is 10.0 Å². The molecule has 0 saturated carbocycles. The zero-order valence-corrected chi connectivity index (χ0v) is 15.7. The molecule has 0 heterocycles. The van der Waals surface area contributed by atoms with Crippen molar-refractivity contribution in [2.45, 2.75) is 24.7 Å². The molecule has 1 amide bonds. The maximum atomic E-state index is 12.2. The minimum atomic E-state index is -3.50. The summed E-state index contributed by atoms with van der Waals surface area (Å²) in [6, 6.07) is 13.1. The van der Waals surface area contributed by atoms with E-state index in [0.29, 0.717) is 17.8 Å². The van der Waals surface area contributed by atoms with E-state index in [2.05, 4.69) is 26.0 Å². The molecule has 0 aliphatic carbocycles. The molecule has 0 aliphatic heterocycles. The summed E-state index contributed by atoms with van der Waals surface area (Å²) < 4.78 is 27.6. The Labute approximate surface area is 150 Å². The van der Waals surface area contributed by atoms with Crippen LogP contribution in [0.4, 0.5) is 5.69 Å². The first-order valence-corrected chi connectivity index (χ1v) is 9.86. The quantitative estimate of drug-likeness (QED) is 0.681. The third-order valence-corrected chi connectivity index (χ3v) is 5.30. The third-order valence-electron chi connectivity index (χ3n) is 3.33. The van der Waals surface area contributed by atoms with E-state index >= 15 is 0 Å². The monoisotopic (exact) mass is 410 g/mol. The SMILES string of the molecule is CCCCNS(=O)(=O)c1ccc(NC(=O)c2cccc(Br)c2)cc1. The number of unbranched alkanes of at least 4 members (excludes halogenated alkanes) is 1. The van der Waals surface area contributed by atoms with Gasteiger partial charge in [0.05, 0.1) is 4.90 Å². The number of benzene rings is 2. The zero-order valence-electron chi connectivity index (χ0n) is 13.3. The molecule has 0 aliphatic rings. The van der Waals surface area contributed by atoms with Crippen LogP contribution < -0.4 is 10.0 Å². The maximum absolute atomic E-state index is 12.2. The van der Waals surface area contributed by atoms with Gasteiger partial charge < -0.3 is 5.32 Å². The van der Waals surface area contributed by atoms with Gasteiger partial charge in [0.2, 0.25) is 10.0 Å². The molecule has 0 fully saturated rings. The number of hydrogen-bond donors (Lipinski definition) is 2. The summed E-state index contributed by atoms with van der Waals surface area (Å²) in [5, 5.41) is 2.74. The second-order valence-electron chi connectivity index (χ2n) is 5.24. The number of anilines is 1. The van der Waals surface area contributed by atoms with Crippen LogP contribution in [0.3, 0.4) is 0 Å². The van der Waals surface area contributed by atoms with Crippen molar-refractivity contribution in [3.8, 4) is 0 Å². The Morgan fingerprint density at radius 2 is 1.83 bits per heavy atom. The lowest BCUT2D eigenvalue weighted by Crippen LogP contribution is -2.24. The topological polar surface area (TPSA) is 75.3 Å². The lowest BCUT2D eigenvalue weighted by molar-refractivity contribution is 0.102. The third kappa shape index (κ3) is 5.15. The van der Waals surface area contributed by atoms with Crippen molar-refractivity contribution in [3.63, 3.8) is 0 Å². The van der Waals surface area contributed by atoms with Crippen LogP contribution in [0.15, 0.2) is 57.9 Å². The van der Waals surface area contributed by atoms with Crippen molar-refractivity contribution >= 4 is 37.5 Å². The molecule has 5 nitrogen and oxygen atoms in total. The molecule has 0 saturated heterocycles. The smallest absolute Gasteiger partial charge is 0.255 e. The summed E-state index contributed by atoms with van der Waals surface area (Å²) in [6.45, 7) is 2.41. The molecule has 0 radical (unpaired) electrons. The van der Waals surface area contributed by atoms with Gasteiger partial charge in [0.25, 0.3) is 5.91 Å². The molecule has 0 unspecified atom stereocenters. The van der Waals surface area contributed by atoms with Crippen LogP contribution in [-0.4, -0.2) is 20.9 Å². The summed E-state index contributed by atoms with van der Waals surface area (Å²) in [5.74, 6) is -0.257. The lowest BCUT2D eigenvalue weighted by atomic mass is 10.2. The van der Waals surface area contributed by atoms with Crippen molar-refractivity contribution in [2.75, 3.05) is 11.9 Å². The van der Waals surface area contributed by atoms with E-state index in [9.17, 15) is 13.2 Å². The predicted octanol–water partition coefficient (Wildman–Crippen LogP) is 3.78. The average Bonchev–Trinajstić information content (AvgIpc) is 2.55. The van der Waals surface area contributed by atoms with Crippen LogP contribution in [0.1, 0.15) is 30.1 Å². The lowest BCUT2D eigenvalue weighted by Gasteiger charge is -2.08. The summed E-state index contributed by atoms with van der Waals surface area (Å²) >= 11 is 3.32. The summed E-state index contributed by atoms with van der Waals surface area (Å²) in [6.07, 6.45) is 1.71. The van der Waals surface area contributed by atoms with Gasteiger partial charge in [-0.25, -0.2) is 13.1 Å². The Morgan fingerprint density at radius 1 is 1.12 bits per heavy atom. The summed E-state index contributed by atoms with van der Waals surface area (Å²) in [4.78, 5) is 12.3. The molecule has 2 aromatic carbocycles. The first-order chi connectivity index (χ1) is 11.4. The van der Waals surface area contributed by atoms with Crippen LogP contribution >= 0.6 is 15.9 Å². The molecule has 0 spiro atoms. The molecule has 0 bridgehead atoms. The highest BCUT2D eigenvalue weighted by Crippen LogP contribution is 2.16. The number of amides is 1. The van der Waals surface area contributed by atoms with Gasteiger partial charge >= 0.3 is 0 Å². The van der Waals surface area contributed by atoms with Crippen LogP contribution in [0, 0.1) is 0 Å². The van der Waals surface area contributed by atoms with Crippen LogP contribution in [0.5, 0.6) is 0 Å². The molecule has 2 aromatic rings. The van der Waals surface area contributed by atoms with Gasteiger partial charge in [0.15, 0.2) is 0 Å². The van der Waals surface area contributed by atoms with Crippen molar-refractivity contribution in [1.29, 1.82) is 0 Å². The van der Waals surface area contributed by atoms with E-state index in [1.165, 1.54) is 12.1 Å². The van der Waals surface area contributed by atoms with E-state index in [4.69, 9.17) is 0 Å². The normalized spacial score (nSPS) is 11.2. The highest BCUT2D eigenvalue weighted by molar-refractivity contribution is 9.10. The molecular formula is C17H19BrN2O3S. The zero-order chi connectivity index (χ0) is 17.6. The number of nitrogens with one attached hydrogen (secondary N) is 2. The van der Waals surface area contributed by atoms with Gasteiger partial charge in [-0.15, -0.1) is 0 Å². The van der Waals surface area contributed by atoms with Gasteiger partial charge in [0, 0.05) is 22.3 Å². The first kappa shape index (κ1) is 18.6. The number of carbonyl (C=O) groups excluding carboxylic acids is 1. The van der Waals surface area contributed by atoms with Gasteiger partial charge in [-0.3, -0.25) is 4.79 Å². The van der Waals surface area contributed by atoms with E-state index in [1.807, 2.05) is 13.0 Å². The molecule has 0 aromatic heterocycles. The highest BCUT2D eigenvalue weighted by Gasteiger charge is 2.13. The van der Waals surface area contributed by atoms with Crippen LogP contribution in [0.2, 0.25) is 0 Å². The Balaban J connectivity index is 2.05. The standard InChI is InChI=1S/C17H19BrN2O3S/c1-2-3-11-19-24(22,23)16-9-7-15(8-10-16)20-17(21)13-5-4-6-14(18)12-13/h4-10,12,19H,2-3,11H2,1H3,(H,20,21). The van der Waals surface area contributed by atoms with Crippen LogP contribution in [0.25, 0.3) is 0 Å². The number of hydrogen-bond acceptors (Lipinski definition) is 3. The number of carbonyl (C=O) groups is 1. The van der Waals surface area contributed by atoms with Crippen molar-refractivity contribution in [3.05, 3.63) is 58.6 Å². The van der Waals surface area contributed by atoms with E-state index in [1.54, 1.807) is 30.3 Å². The number of sulfonamides is 1. The van der Waals surface area contributed by atoms with E-state index in [0.717, 1.165) is 17.3 Å². The second-order valence-corrected chi connectivity index (χ2v) is 7.92. The Hall–Kier alpha value is -1.70. The molecular weight excluding hydrogens is 392 g/mol. The largest absolute Gasteiger partial charge is 0.322 e. The van der Waals surface area contributed by atoms with Gasteiger partial charge in [-0.2, -0.15) is 0 Å². The van der Waals surface area contributed by atoms with Gasteiger partial charge in [0.1, 0.15) is 0 Å². The molecule has 128 valence electrons. The maximum Gasteiger partial charge on any atom is 0.255 e. The van der Waals surface area contributed by atoms with Crippen molar-refractivity contribution in [1.82, 2.24) is 4.72 Å². The minimum absolute atomic E-state index is 0.180. The van der Waals surface area contributed by atoms with E-state index in [-0.39, 0.29) is 10.8 Å². The fraction of sp³-hybridized carbons (Fsp3) is 0.235. The van der Waals surface area contributed by atoms with Gasteiger partial charge in [-0.05, 0) is 48.9 Å². The van der Waals surface area contributed by atoms with Crippen molar-refractivity contribution < 1.29 is 13.2 Å². The second kappa shape index (κ2) is 8.41. The molecule has 2 rings (SSSR count). The average molecular weight is 411 g/mol. The number of halogens is 1. The Bertz CT molecular complexity index is 805. The molecule has 7 heteroatoms. The fourth-order valence-electron chi connectivity index (χ4n) is 2.02.